The van der Waals surface area contributed by atoms with Crippen LogP contribution in [0.5, 0.6) is 0 Å². The summed E-state index contributed by atoms with van der Waals surface area (Å²) in [6.45, 7) is 3.97. The Morgan fingerprint density at radius 3 is 2.46 bits per heavy atom. The summed E-state index contributed by atoms with van der Waals surface area (Å²) in [5.41, 5.74) is 6.50. The molecule has 4 aromatic rings. The molecular formula is C22H19N3O. The Morgan fingerprint density at radius 2 is 1.73 bits per heavy atom. The minimum atomic E-state index is -0.0982. The molecule has 4 heteroatoms. The van der Waals surface area contributed by atoms with Gasteiger partial charge in [-0.1, -0.05) is 29.8 Å². The molecule has 1 amide bonds. The first-order valence-electron chi connectivity index (χ1n) is 8.54. The molecule has 0 saturated heterocycles. The maximum absolute atomic E-state index is 12.5. The van der Waals surface area contributed by atoms with Gasteiger partial charge < -0.3 is 10.3 Å². The van der Waals surface area contributed by atoms with Gasteiger partial charge in [-0.15, -0.1) is 0 Å². The summed E-state index contributed by atoms with van der Waals surface area (Å²) >= 11 is 0. The Balaban J connectivity index is 1.55. The first-order chi connectivity index (χ1) is 12.6. The Labute approximate surface area is 151 Å². The highest BCUT2D eigenvalue weighted by atomic mass is 16.1. The maximum atomic E-state index is 12.5. The van der Waals surface area contributed by atoms with Crippen molar-refractivity contribution in [1.82, 2.24) is 9.97 Å². The Bertz CT molecular complexity index is 1060. The van der Waals surface area contributed by atoms with E-state index in [2.05, 4.69) is 15.3 Å². The van der Waals surface area contributed by atoms with Crippen molar-refractivity contribution in [3.63, 3.8) is 0 Å². The molecule has 0 unspecified atom stereocenters. The van der Waals surface area contributed by atoms with Crippen LogP contribution in [0, 0.1) is 13.8 Å². The number of carbonyl (C=O) groups excluding carboxylic acids is 1. The number of nitrogens with one attached hydrogen (secondary N) is 2. The number of benzene rings is 3. The number of aromatic amines is 1. The molecule has 0 aliphatic heterocycles. The average molecular weight is 341 g/mol. The van der Waals surface area contributed by atoms with Gasteiger partial charge in [0, 0.05) is 16.8 Å². The van der Waals surface area contributed by atoms with Gasteiger partial charge in [-0.25, -0.2) is 4.98 Å². The topological polar surface area (TPSA) is 57.8 Å². The number of aromatic nitrogens is 2. The number of aryl methyl sites for hydroxylation is 2. The second-order valence-electron chi connectivity index (χ2n) is 6.45. The van der Waals surface area contributed by atoms with Crippen molar-refractivity contribution in [2.24, 2.45) is 0 Å². The number of para-hydroxylation sites is 2. The highest BCUT2D eigenvalue weighted by Gasteiger charge is 2.10. The Morgan fingerprint density at radius 1 is 0.962 bits per heavy atom. The predicted molar refractivity (Wildman–Crippen MR) is 105 cm³/mol. The van der Waals surface area contributed by atoms with E-state index in [0.29, 0.717) is 5.56 Å². The molecule has 0 saturated carbocycles. The van der Waals surface area contributed by atoms with Crippen molar-refractivity contribution in [2.75, 3.05) is 5.32 Å². The molecule has 1 aromatic heterocycles. The summed E-state index contributed by atoms with van der Waals surface area (Å²) in [7, 11) is 0. The first-order valence-corrected chi connectivity index (χ1v) is 8.54. The smallest absolute Gasteiger partial charge is 0.255 e. The molecule has 0 spiro atoms. The highest BCUT2D eigenvalue weighted by Crippen LogP contribution is 2.22. The number of H-pyrrole nitrogens is 1. The zero-order chi connectivity index (χ0) is 18.1. The molecule has 4 nitrogen and oxygen atoms in total. The van der Waals surface area contributed by atoms with Gasteiger partial charge in [0.25, 0.3) is 5.91 Å². The van der Waals surface area contributed by atoms with Crippen molar-refractivity contribution in [3.8, 4) is 11.4 Å². The molecule has 0 aliphatic carbocycles. The minimum absolute atomic E-state index is 0.0982. The Kier molecular flexibility index (Phi) is 4.01. The monoisotopic (exact) mass is 341 g/mol. The van der Waals surface area contributed by atoms with Crippen LogP contribution in [0.3, 0.4) is 0 Å². The van der Waals surface area contributed by atoms with Crippen LogP contribution in [0.1, 0.15) is 21.5 Å². The van der Waals surface area contributed by atoms with E-state index in [4.69, 9.17) is 0 Å². The fourth-order valence-corrected chi connectivity index (χ4v) is 3.07. The standard InChI is InChI=1S/C22H19N3O/c1-14-7-12-18(15(2)13-14)22(26)23-17-10-8-16(9-11-17)21-24-19-5-3-4-6-20(19)25-21/h3-13H,1-2H3,(H,23,26)(H,24,25). The first kappa shape index (κ1) is 16.1. The third-order valence-corrected chi connectivity index (χ3v) is 4.43. The van der Waals surface area contributed by atoms with Gasteiger partial charge in [-0.05, 0) is 61.9 Å². The summed E-state index contributed by atoms with van der Waals surface area (Å²) in [5, 5.41) is 2.95. The molecule has 3 aromatic carbocycles. The lowest BCUT2D eigenvalue weighted by Crippen LogP contribution is -2.13. The maximum Gasteiger partial charge on any atom is 0.255 e. The highest BCUT2D eigenvalue weighted by molar-refractivity contribution is 6.05. The third-order valence-electron chi connectivity index (χ3n) is 4.43. The second kappa shape index (κ2) is 6.48. The van der Waals surface area contributed by atoms with Crippen LogP contribution in [-0.2, 0) is 0 Å². The number of hydrogen-bond acceptors (Lipinski definition) is 2. The summed E-state index contributed by atoms with van der Waals surface area (Å²) in [6, 6.07) is 21.5. The largest absolute Gasteiger partial charge is 0.338 e. The quantitative estimate of drug-likeness (QED) is 0.545. The zero-order valence-electron chi connectivity index (χ0n) is 14.7. The van der Waals surface area contributed by atoms with E-state index in [9.17, 15) is 4.79 Å². The second-order valence-corrected chi connectivity index (χ2v) is 6.45. The number of amides is 1. The molecule has 128 valence electrons. The third kappa shape index (κ3) is 3.09. The molecule has 0 fully saturated rings. The van der Waals surface area contributed by atoms with Crippen molar-refractivity contribution in [2.45, 2.75) is 13.8 Å². The number of fused-ring (bicyclic) bond motifs is 1. The summed E-state index contributed by atoms with van der Waals surface area (Å²) in [4.78, 5) is 20.4. The predicted octanol–water partition coefficient (Wildman–Crippen LogP) is 5.10. The number of anilines is 1. The summed E-state index contributed by atoms with van der Waals surface area (Å²) in [5.74, 6) is 0.720. The van der Waals surface area contributed by atoms with Crippen LogP contribution in [0.2, 0.25) is 0 Å². The lowest BCUT2D eigenvalue weighted by Gasteiger charge is -2.09. The summed E-state index contributed by atoms with van der Waals surface area (Å²) in [6.07, 6.45) is 0. The van der Waals surface area contributed by atoms with E-state index in [-0.39, 0.29) is 5.91 Å². The van der Waals surface area contributed by atoms with Crippen molar-refractivity contribution >= 4 is 22.6 Å². The number of carbonyl (C=O) groups is 1. The van der Waals surface area contributed by atoms with Crippen LogP contribution >= 0.6 is 0 Å². The van der Waals surface area contributed by atoms with E-state index in [1.807, 2.05) is 80.6 Å². The average Bonchev–Trinajstić information content (AvgIpc) is 3.06. The lowest BCUT2D eigenvalue weighted by atomic mass is 10.1. The van der Waals surface area contributed by atoms with Crippen molar-refractivity contribution in [1.29, 1.82) is 0 Å². The van der Waals surface area contributed by atoms with Crippen LogP contribution in [0.25, 0.3) is 22.4 Å². The molecule has 4 rings (SSSR count). The van der Waals surface area contributed by atoms with E-state index >= 15 is 0 Å². The van der Waals surface area contributed by atoms with Crippen LogP contribution in [0.4, 0.5) is 5.69 Å². The van der Waals surface area contributed by atoms with Gasteiger partial charge in [0.1, 0.15) is 5.82 Å². The van der Waals surface area contributed by atoms with Crippen molar-refractivity contribution in [3.05, 3.63) is 83.4 Å². The fourth-order valence-electron chi connectivity index (χ4n) is 3.07. The van der Waals surface area contributed by atoms with E-state index < -0.39 is 0 Å². The fraction of sp³-hybridized carbons (Fsp3) is 0.0909. The van der Waals surface area contributed by atoms with Gasteiger partial charge in [0.05, 0.1) is 11.0 Å². The zero-order valence-corrected chi connectivity index (χ0v) is 14.7. The van der Waals surface area contributed by atoms with E-state index in [1.54, 1.807) is 0 Å². The number of rotatable bonds is 3. The van der Waals surface area contributed by atoms with Crippen molar-refractivity contribution < 1.29 is 4.79 Å². The molecule has 0 bridgehead atoms. The van der Waals surface area contributed by atoms with E-state index in [1.165, 1.54) is 0 Å². The molecule has 26 heavy (non-hydrogen) atoms. The number of hydrogen-bond donors (Lipinski definition) is 2. The van der Waals surface area contributed by atoms with Gasteiger partial charge >= 0.3 is 0 Å². The Hall–Kier alpha value is -3.40. The van der Waals surface area contributed by atoms with Gasteiger partial charge in [0.2, 0.25) is 0 Å². The van der Waals surface area contributed by atoms with Crippen LogP contribution < -0.4 is 5.32 Å². The molecular weight excluding hydrogens is 322 g/mol. The minimum Gasteiger partial charge on any atom is -0.338 e. The number of imidazole rings is 1. The molecule has 0 radical (unpaired) electrons. The van der Waals surface area contributed by atoms with Gasteiger partial charge in [0.15, 0.2) is 0 Å². The van der Waals surface area contributed by atoms with Crippen LogP contribution in [0.15, 0.2) is 66.7 Å². The lowest BCUT2D eigenvalue weighted by molar-refractivity contribution is 0.102. The van der Waals surface area contributed by atoms with Gasteiger partial charge in [-0.2, -0.15) is 0 Å². The molecule has 1 heterocycles. The van der Waals surface area contributed by atoms with Crippen LogP contribution in [-0.4, -0.2) is 15.9 Å². The van der Waals surface area contributed by atoms with Gasteiger partial charge in [-0.3, -0.25) is 4.79 Å². The normalized spacial score (nSPS) is 10.8. The number of nitrogens with zero attached hydrogens (tertiary/aromatic N) is 1. The summed E-state index contributed by atoms with van der Waals surface area (Å²) < 4.78 is 0. The molecule has 0 aliphatic rings. The molecule has 2 N–H and O–H groups in total. The van der Waals surface area contributed by atoms with E-state index in [0.717, 1.165) is 39.2 Å². The molecule has 0 atom stereocenters. The SMILES string of the molecule is Cc1ccc(C(=O)Nc2ccc(-c3nc4ccccc4[nH]3)cc2)c(C)c1.